The third-order valence-corrected chi connectivity index (χ3v) is 1.48. The summed E-state index contributed by atoms with van der Waals surface area (Å²) in [4.78, 5) is 3.75. The molecule has 0 aliphatic rings. The third kappa shape index (κ3) is 3.46. The normalized spacial score (nSPS) is 11.9. The Labute approximate surface area is 80.3 Å². The van der Waals surface area contributed by atoms with Gasteiger partial charge >= 0.3 is 10.3 Å². The molecule has 1 aromatic rings. The number of rotatable bonds is 3. The molecule has 0 aliphatic carbocycles. The minimum absolute atomic E-state index is 0.198. The molecule has 1 rings (SSSR count). The highest BCUT2D eigenvalue weighted by Gasteiger charge is 1.99. The fourth-order valence-corrected chi connectivity index (χ4v) is 0.849. The van der Waals surface area contributed by atoms with Gasteiger partial charge in [-0.25, -0.2) is 4.98 Å². The lowest BCUT2D eigenvalue weighted by atomic mass is 10.4. The Morgan fingerprint density at radius 2 is 2.21 bits per heavy atom. The van der Waals surface area contributed by atoms with Gasteiger partial charge in [0.05, 0.1) is 13.3 Å². The first-order valence-electron chi connectivity index (χ1n) is 3.42. The third-order valence-electron chi connectivity index (χ3n) is 1.19. The van der Waals surface area contributed by atoms with Crippen molar-refractivity contribution in [3.8, 4) is 5.88 Å². The smallest absolute Gasteiger partial charge is 0.396 e. The maximum absolute atomic E-state index is 10.2. The number of pyridine rings is 1. The summed E-state index contributed by atoms with van der Waals surface area (Å²) < 4.78 is 36.0. The van der Waals surface area contributed by atoms with Crippen LogP contribution in [0.25, 0.3) is 0 Å². The monoisotopic (exact) mass is 217 g/mol. The van der Waals surface area contributed by atoms with E-state index >= 15 is 0 Å². The number of hydrogen-bond donors (Lipinski definition) is 1. The zero-order chi connectivity index (χ0) is 10.6. The Bertz CT molecular complexity index is 425. The van der Waals surface area contributed by atoms with Crippen LogP contribution in [0.15, 0.2) is 28.0 Å². The molecule has 8 heteroatoms. The van der Waals surface area contributed by atoms with Gasteiger partial charge in [-0.15, -0.1) is 5.11 Å². The predicted molar refractivity (Wildman–Crippen MR) is 46.9 cm³/mol. The zero-order valence-electron chi connectivity index (χ0n) is 7.15. The van der Waals surface area contributed by atoms with Crippen LogP contribution < -0.4 is 4.74 Å². The number of hydrogen-bond acceptors (Lipinski definition) is 5. The fraction of sp³-hybridized carbons (Fsp3) is 0.167. The maximum Gasteiger partial charge on any atom is 0.396 e. The molecule has 0 aromatic carbocycles. The van der Waals surface area contributed by atoms with Gasteiger partial charge in [0.25, 0.3) is 0 Å². The van der Waals surface area contributed by atoms with E-state index in [9.17, 15) is 8.42 Å². The van der Waals surface area contributed by atoms with E-state index in [-0.39, 0.29) is 5.69 Å². The van der Waals surface area contributed by atoms with E-state index in [4.69, 9.17) is 9.29 Å². The van der Waals surface area contributed by atoms with E-state index in [1.54, 1.807) is 0 Å². The highest BCUT2D eigenvalue weighted by atomic mass is 32.2. The minimum Gasteiger partial charge on any atom is -0.481 e. The van der Waals surface area contributed by atoms with E-state index in [2.05, 4.69) is 14.6 Å². The fourth-order valence-electron chi connectivity index (χ4n) is 0.651. The van der Waals surface area contributed by atoms with Crippen LogP contribution in [0, 0.1) is 0 Å². The van der Waals surface area contributed by atoms with Crippen LogP contribution in [0.5, 0.6) is 5.88 Å². The lowest BCUT2D eigenvalue weighted by Crippen LogP contribution is -1.88. The zero-order valence-corrected chi connectivity index (χ0v) is 7.97. The summed E-state index contributed by atoms with van der Waals surface area (Å²) in [5, 5.41) is 3.22. The van der Waals surface area contributed by atoms with Crippen molar-refractivity contribution in [2.75, 3.05) is 7.11 Å². The standard InChI is InChI=1S/C6H7N3O4S/c1-13-6-3-2-5(4-7-6)8-9-14(10,11)12/h2-4H,1H3,(H,10,11,12). The highest BCUT2D eigenvalue weighted by molar-refractivity contribution is 7.84. The van der Waals surface area contributed by atoms with Crippen LogP contribution in [0.1, 0.15) is 0 Å². The Kier molecular flexibility index (Phi) is 3.10. The molecule has 1 heterocycles. The summed E-state index contributed by atoms with van der Waals surface area (Å²) in [5.74, 6) is 0.371. The first kappa shape index (κ1) is 10.5. The maximum atomic E-state index is 10.2. The molecular weight excluding hydrogens is 210 g/mol. The topological polar surface area (TPSA) is 101 Å². The lowest BCUT2D eigenvalue weighted by Gasteiger charge is -1.96. The molecule has 0 unspecified atom stereocenters. The highest BCUT2D eigenvalue weighted by Crippen LogP contribution is 2.14. The van der Waals surface area contributed by atoms with Gasteiger partial charge in [-0.2, -0.15) is 8.42 Å². The summed E-state index contributed by atoms with van der Waals surface area (Å²) >= 11 is 0. The lowest BCUT2D eigenvalue weighted by molar-refractivity contribution is 0.398. The molecule has 0 amide bonds. The Morgan fingerprint density at radius 3 is 2.64 bits per heavy atom. The summed E-state index contributed by atoms with van der Waals surface area (Å²) in [7, 11) is -2.99. The van der Waals surface area contributed by atoms with Crippen molar-refractivity contribution >= 4 is 16.0 Å². The van der Waals surface area contributed by atoms with E-state index in [1.165, 1.54) is 25.4 Å². The number of ether oxygens (including phenoxy) is 1. The van der Waals surface area contributed by atoms with Crippen LogP contribution in [0.4, 0.5) is 5.69 Å². The molecule has 1 aromatic heterocycles. The first-order valence-corrected chi connectivity index (χ1v) is 4.81. The van der Waals surface area contributed by atoms with E-state index < -0.39 is 10.3 Å². The van der Waals surface area contributed by atoms with Crippen LogP contribution in [-0.2, 0) is 10.3 Å². The van der Waals surface area contributed by atoms with Crippen molar-refractivity contribution in [2.24, 2.45) is 9.63 Å². The van der Waals surface area contributed by atoms with Gasteiger partial charge < -0.3 is 4.74 Å². The van der Waals surface area contributed by atoms with Gasteiger partial charge in [-0.1, -0.05) is 0 Å². The molecule has 0 saturated carbocycles. The second kappa shape index (κ2) is 4.11. The van der Waals surface area contributed by atoms with Gasteiger partial charge in [0.15, 0.2) is 0 Å². The van der Waals surface area contributed by atoms with Crippen LogP contribution >= 0.6 is 0 Å². The summed E-state index contributed by atoms with van der Waals surface area (Å²) in [6.07, 6.45) is 1.26. The van der Waals surface area contributed by atoms with Crippen molar-refractivity contribution in [3.63, 3.8) is 0 Å². The summed E-state index contributed by atoms with van der Waals surface area (Å²) in [5.41, 5.74) is 0.198. The Hall–Kier alpha value is -1.54. The molecule has 0 atom stereocenters. The minimum atomic E-state index is -4.44. The second-order valence-electron chi connectivity index (χ2n) is 2.19. The van der Waals surface area contributed by atoms with Gasteiger partial charge in [0, 0.05) is 6.07 Å². The van der Waals surface area contributed by atoms with Gasteiger partial charge in [0.1, 0.15) is 5.69 Å². The van der Waals surface area contributed by atoms with E-state index in [0.717, 1.165) is 0 Å². The second-order valence-corrected chi connectivity index (χ2v) is 3.25. The van der Waals surface area contributed by atoms with E-state index in [0.29, 0.717) is 5.88 Å². The Morgan fingerprint density at radius 1 is 1.50 bits per heavy atom. The molecule has 0 fully saturated rings. The molecule has 0 saturated heterocycles. The SMILES string of the molecule is COc1ccc(N=NS(=O)(=O)O)cn1. The Balaban J connectivity index is 2.84. The average Bonchev–Trinajstić information content (AvgIpc) is 2.14. The molecule has 1 N–H and O–H groups in total. The van der Waals surface area contributed by atoms with Crippen LogP contribution in [-0.4, -0.2) is 25.1 Å². The van der Waals surface area contributed by atoms with Crippen LogP contribution in [0.2, 0.25) is 0 Å². The largest absolute Gasteiger partial charge is 0.481 e. The molecule has 7 nitrogen and oxygen atoms in total. The molecule has 0 spiro atoms. The molecule has 14 heavy (non-hydrogen) atoms. The van der Waals surface area contributed by atoms with Gasteiger partial charge in [-0.05, 0) is 10.6 Å². The number of aromatic nitrogens is 1. The number of methoxy groups -OCH3 is 1. The average molecular weight is 217 g/mol. The van der Waals surface area contributed by atoms with Crippen molar-refractivity contribution in [3.05, 3.63) is 18.3 Å². The van der Waals surface area contributed by atoms with Crippen LogP contribution in [0.3, 0.4) is 0 Å². The van der Waals surface area contributed by atoms with Crippen molar-refractivity contribution in [2.45, 2.75) is 0 Å². The summed E-state index contributed by atoms with van der Waals surface area (Å²) in [6, 6.07) is 2.93. The van der Waals surface area contributed by atoms with Crippen molar-refractivity contribution in [1.29, 1.82) is 0 Å². The van der Waals surface area contributed by atoms with Gasteiger partial charge in [0.2, 0.25) is 5.88 Å². The molecular formula is C6H7N3O4S. The molecule has 0 bridgehead atoms. The van der Waals surface area contributed by atoms with Crippen molar-refractivity contribution in [1.82, 2.24) is 4.98 Å². The molecule has 0 radical (unpaired) electrons. The quantitative estimate of drug-likeness (QED) is 0.600. The summed E-state index contributed by atoms with van der Waals surface area (Å²) in [6.45, 7) is 0. The molecule has 76 valence electrons. The van der Waals surface area contributed by atoms with E-state index in [1.807, 2.05) is 0 Å². The first-order chi connectivity index (χ1) is 6.51. The van der Waals surface area contributed by atoms with Crippen molar-refractivity contribution < 1.29 is 17.7 Å². The number of nitrogens with zero attached hydrogens (tertiary/aromatic N) is 3. The molecule has 0 aliphatic heterocycles. The predicted octanol–water partition coefficient (Wildman–Crippen LogP) is 0.977. The van der Waals surface area contributed by atoms with Gasteiger partial charge in [-0.3, -0.25) is 4.55 Å².